The van der Waals surface area contributed by atoms with Crippen LogP contribution in [0.1, 0.15) is 16.1 Å². The molecular formula is C12H8Cl2N2O4S. The van der Waals surface area contributed by atoms with Crippen LogP contribution in [0.4, 0.5) is 0 Å². The molecule has 0 atom stereocenters. The molecule has 1 aromatic heterocycles. The van der Waals surface area contributed by atoms with Crippen LogP contribution in [0.5, 0.6) is 0 Å². The summed E-state index contributed by atoms with van der Waals surface area (Å²) in [6, 6.07) is 3.86. The Bertz CT molecular complexity index is 809. The van der Waals surface area contributed by atoms with Gasteiger partial charge in [0, 0.05) is 6.20 Å². The topological polar surface area (TPSA) is 97.2 Å². The third kappa shape index (κ3) is 3.49. The fraction of sp³-hybridized carbons (Fsp3) is 0.0833. The van der Waals surface area contributed by atoms with Crippen LogP contribution < -0.4 is 0 Å². The summed E-state index contributed by atoms with van der Waals surface area (Å²) in [4.78, 5) is 18.3. The van der Waals surface area contributed by atoms with E-state index in [-0.39, 0.29) is 26.2 Å². The first-order valence-corrected chi connectivity index (χ1v) is 7.92. The van der Waals surface area contributed by atoms with Crippen LogP contribution in [-0.2, 0) is 15.6 Å². The Morgan fingerprint density at radius 2 is 1.95 bits per heavy atom. The number of aromatic nitrogens is 2. The van der Waals surface area contributed by atoms with Gasteiger partial charge in [0.1, 0.15) is 11.9 Å². The van der Waals surface area contributed by atoms with E-state index in [2.05, 4.69) is 9.97 Å². The first kappa shape index (κ1) is 15.7. The van der Waals surface area contributed by atoms with Gasteiger partial charge in [-0.25, -0.2) is 23.2 Å². The zero-order chi connectivity index (χ0) is 15.6. The molecule has 0 spiro atoms. The van der Waals surface area contributed by atoms with Crippen LogP contribution in [0.3, 0.4) is 0 Å². The van der Waals surface area contributed by atoms with Gasteiger partial charge in [0.15, 0.2) is 9.84 Å². The van der Waals surface area contributed by atoms with Gasteiger partial charge in [-0.2, -0.15) is 0 Å². The molecule has 0 bridgehead atoms. The molecule has 0 aliphatic rings. The standard InChI is InChI=1S/C12H8Cl2N2O4S/c13-9-2-1-7(3-10(9)14)21(19,20)5-11-8(12(17)18)4-15-6-16-11/h1-4,6H,5H2,(H,17,18). The maximum atomic E-state index is 12.3. The van der Waals surface area contributed by atoms with Gasteiger partial charge >= 0.3 is 5.97 Å². The zero-order valence-corrected chi connectivity index (χ0v) is 12.7. The minimum atomic E-state index is -3.81. The van der Waals surface area contributed by atoms with Crippen LogP contribution in [-0.4, -0.2) is 29.5 Å². The lowest BCUT2D eigenvalue weighted by atomic mass is 10.2. The summed E-state index contributed by atoms with van der Waals surface area (Å²) < 4.78 is 24.6. The van der Waals surface area contributed by atoms with Crippen molar-refractivity contribution in [3.8, 4) is 0 Å². The highest BCUT2D eigenvalue weighted by Gasteiger charge is 2.21. The lowest BCUT2D eigenvalue weighted by Gasteiger charge is -2.07. The first-order valence-electron chi connectivity index (χ1n) is 5.51. The second-order valence-electron chi connectivity index (χ2n) is 4.02. The molecule has 0 saturated heterocycles. The van der Waals surface area contributed by atoms with E-state index in [1.54, 1.807) is 0 Å². The highest BCUT2D eigenvalue weighted by molar-refractivity contribution is 7.90. The Morgan fingerprint density at radius 1 is 1.24 bits per heavy atom. The Balaban J connectivity index is 2.42. The van der Waals surface area contributed by atoms with E-state index in [0.717, 1.165) is 12.5 Å². The number of rotatable bonds is 4. The average Bonchev–Trinajstić information content (AvgIpc) is 2.41. The van der Waals surface area contributed by atoms with Crippen molar-refractivity contribution >= 4 is 39.0 Å². The normalized spacial score (nSPS) is 11.3. The number of carboxylic acid groups (broad SMARTS) is 1. The number of carboxylic acids is 1. The summed E-state index contributed by atoms with van der Waals surface area (Å²) in [5.41, 5.74) is -0.357. The molecule has 0 fully saturated rings. The van der Waals surface area contributed by atoms with Crippen molar-refractivity contribution in [2.45, 2.75) is 10.6 Å². The van der Waals surface area contributed by atoms with Gasteiger partial charge in [0.25, 0.3) is 0 Å². The molecule has 110 valence electrons. The Hall–Kier alpha value is -1.70. The van der Waals surface area contributed by atoms with Gasteiger partial charge in [-0.15, -0.1) is 0 Å². The fourth-order valence-electron chi connectivity index (χ4n) is 1.58. The van der Waals surface area contributed by atoms with E-state index in [1.807, 2.05) is 0 Å². The summed E-state index contributed by atoms with van der Waals surface area (Å²) in [5, 5.41) is 9.32. The maximum Gasteiger partial charge on any atom is 0.339 e. The number of aromatic carboxylic acids is 1. The summed E-state index contributed by atoms with van der Waals surface area (Å²) >= 11 is 11.5. The van der Waals surface area contributed by atoms with Crippen molar-refractivity contribution in [3.63, 3.8) is 0 Å². The van der Waals surface area contributed by atoms with Gasteiger partial charge < -0.3 is 5.11 Å². The average molecular weight is 347 g/mol. The quantitative estimate of drug-likeness (QED) is 0.912. The number of carbonyl (C=O) groups is 1. The lowest BCUT2D eigenvalue weighted by molar-refractivity contribution is 0.0695. The van der Waals surface area contributed by atoms with E-state index in [4.69, 9.17) is 28.3 Å². The van der Waals surface area contributed by atoms with E-state index < -0.39 is 21.6 Å². The van der Waals surface area contributed by atoms with Crippen LogP contribution in [0.2, 0.25) is 10.0 Å². The molecule has 9 heteroatoms. The van der Waals surface area contributed by atoms with Gasteiger partial charge in [-0.3, -0.25) is 0 Å². The van der Waals surface area contributed by atoms with E-state index in [1.165, 1.54) is 18.2 Å². The molecule has 1 N–H and O–H groups in total. The van der Waals surface area contributed by atoms with Gasteiger partial charge in [0.2, 0.25) is 0 Å². The van der Waals surface area contributed by atoms with Crippen LogP contribution in [0, 0.1) is 0 Å². The fourth-order valence-corrected chi connectivity index (χ4v) is 3.27. The summed E-state index contributed by atoms with van der Waals surface area (Å²) in [7, 11) is -3.81. The highest BCUT2D eigenvalue weighted by Crippen LogP contribution is 2.26. The molecular weight excluding hydrogens is 339 g/mol. The smallest absolute Gasteiger partial charge is 0.339 e. The van der Waals surface area contributed by atoms with Crippen molar-refractivity contribution < 1.29 is 18.3 Å². The minimum absolute atomic E-state index is 0.0631. The number of sulfone groups is 1. The second-order valence-corrected chi connectivity index (χ2v) is 6.83. The number of hydrogen-bond donors (Lipinski definition) is 1. The number of benzene rings is 1. The van der Waals surface area contributed by atoms with Crippen LogP contribution in [0.15, 0.2) is 35.6 Å². The van der Waals surface area contributed by atoms with Gasteiger partial charge in [0.05, 0.1) is 26.4 Å². The predicted octanol–water partition coefficient (Wildman–Crippen LogP) is 2.46. The first-order chi connectivity index (χ1) is 9.81. The molecule has 1 heterocycles. The molecule has 0 amide bonds. The number of hydrogen-bond acceptors (Lipinski definition) is 5. The van der Waals surface area contributed by atoms with Crippen molar-refractivity contribution in [1.82, 2.24) is 9.97 Å². The highest BCUT2D eigenvalue weighted by atomic mass is 35.5. The molecule has 21 heavy (non-hydrogen) atoms. The number of nitrogens with zero attached hydrogens (tertiary/aromatic N) is 2. The third-order valence-corrected chi connectivity index (χ3v) is 4.97. The lowest BCUT2D eigenvalue weighted by Crippen LogP contribution is -2.12. The number of halogens is 2. The molecule has 2 rings (SSSR count). The zero-order valence-electron chi connectivity index (χ0n) is 10.3. The third-order valence-electron chi connectivity index (χ3n) is 2.60. The molecule has 0 aliphatic heterocycles. The van der Waals surface area contributed by atoms with Crippen LogP contribution in [0.25, 0.3) is 0 Å². The molecule has 2 aromatic rings. The molecule has 6 nitrogen and oxygen atoms in total. The van der Waals surface area contributed by atoms with Crippen molar-refractivity contribution in [1.29, 1.82) is 0 Å². The Labute approximate surface area is 130 Å². The van der Waals surface area contributed by atoms with Crippen molar-refractivity contribution in [2.75, 3.05) is 0 Å². The summed E-state index contributed by atoms with van der Waals surface area (Å²) in [5.74, 6) is -1.87. The van der Waals surface area contributed by atoms with E-state index in [0.29, 0.717) is 0 Å². The molecule has 0 aliphatic carbocycles. The van der Waals surface area contributed by atoms with Crippen LogP contribution >= 0.6 is 23.2 Å². The van der Waals surface area contributed by atoms with Crippen molar-refractivity contribution in [3.05, 3.63) is 52.0 Å². The summed E-state index contributed by atoms with van der Waals surface area (Å²) in [6.45, 7) is 0. The van der Waals surface area contributed by atoms with Gasteiger partial charge in [-0.05, 0) is 18.2 Å². The van der Waals surface area contributed by atoms with E-state index >= 15 is 0 Å². The molecule has 0 unspecified atom stereocenters. The van der Waals surface area contributed by atoms with Gasteiger partial charge in [-0.1, -0.05) is 23.2 Å². The largest absolute Gasteiger partial charge is 0.478 e. The molecule has 0 saturated carbocycles. The summed E-state index contributed by atoms with van der Waals surface area (Å²) in [6.07, 6.45) is 2.14. The van der Waals surface area contributed by atoms with Crippen molar-refractivity contribution in [2.24, 2.45) is 0 Å². The second kappa shape index (κ2) is 5.97. The van der Waals surface area contributed by atoms with E-state index in [9.17, 15) is 13.2 Å². The maximum absolute atomic E-state index is 12.3. The molecule has 0 radical (unpaired) electrons. The minimum Gasteiger partial charge on any atom is -0.478 e. The SMILES string of the molecule is O=C(O)c1cncnc1CS(=O)(=O)c1ccc(Cl)c(Cl)c1. The monoisotopic (exact) mass is 346 g/mol. The Morgan fingerprint density at radius 3 is 2.57 bits per heavy atom. The molecule has 1 aromatic carbocycles. The predicted molar refractivity (Wildman–Crippen MR) is 76.3 cm³/mol. The Kier molecular flexibility index (Phi) is 4.46.